The Morgan fingerprint density at radius 2 is 2.12 bits per heavy atom. The molecule has 0 amide bonds. The Balaban J connectivity index is 2.31. The quantitative estimate of drug-likeness (QED) is 0.684. The van der Waals surface area contributed by atoms with Crippen molar-refractivity contribution in [1.82, 2.24) is 5.32 Å². The number of hydrogen-bond donors (Lipinski definition) is 2. The van der Waals surface area contributed by atoms with E-state index in [4.69, 9.17) is 9.84 Å². The second-order valence-corrected chi connectivity index (χ2v) is 5.14. The standard InChI is InChI=1S/C13H27NO2/c1-11-4-3-5-12(7-6-11)14-13(8-9-15)10-16-2/h11-15H,3-10H2,1-2H3. The molecule has 1 aliphatic carbocycles. The largest absolute Gasteiger partial charge is 0.396 e. The maximum absolute atomic E-state index is 8.99. The van der Waals surface area contributed by atoms with Crippen LogP contribution in [0, 0.1) is 5.92 Å². The third kappa shape index (κ3) is 5.28. The highest BCUT2D eigenvalue weighted by Gasteiger charge is 2.19. The van der Waals surface area contributed by atoms with Gasteiger partial charge in [-0.3, -0.25) is 0 Å². The summed E-state index contributed by atoms with van der Waals surface area (Å²) >= 11 is 0. The van der Waals surface area contributed by atoms with Gasteiger partial charge in [-0.2, -0.15) is 0 Å². The predicted octanol–water partition coefficient (Wildman–Crippen LogP) is 1.94. The fraction of sp³-hybridized carbons (Fsp3) is 1.00. The molecule has 3 atom stereocenters. The van der Waals surface area contributed by atoms with Gasteiger partial charge in [0.15, 0.2) is 0 Å². The van der Waals surface area contributed by atoms with E-state index in [1.54, 1.807) is 7.11 Å². The van der Waals surface area contributed by atoms with Gasteiger partial charge in [0.2, 0.25) is 0 Å². The summed E-state index contributed by atoms with van der Waals surface area (Å²) in [5.74, 6) is 0.880. The molecule has 0 radical (unpaired) electrons. The zero-order valence-corrected chi connectivity index (χ0v) is 10.7. The smallest absolute Gasteiger partial charge is 0.0616 e. The highest BCUT2D eigenvalue weighted by molar-refractivity contribution is 4.77. The maximum atomic E-state index is 8.99. The maximum Gasteiger partial charge on any atom is 0.0616 e. The minimum atomic E-state index is 0.240. The molecule has 1 rings (SSSR count). The van der Waals surface area contributed by atoms with E-state index in [1.165, 1.54) is 32.1 Å². The van der Waals surface area contributed by atoms with E-state index >= 15 is 0 Å². The van der Waals surface area contributed by atoms with Crippen LogP contribution in [-0.4, -0.2) is 37.5 Å². The van der Waals surface area contributed by atoms with Crippen molar-refractivity contribution in [2.75, 3.05) is 20.3 Å². The molecule has 0 aliphatic heterocycles. The average molecular weight is 229 g/mol. The third-order valence-electron chi connectivity index (χ3n) is 3.57. The van der Waals surface area contributed by atoms with Crippen LogP contribution < -0.4 is 5.32 Å². The second kappa shape index (κ2) is 8.04. The third-order valence-corrected chi connectivity index (χ3v) is 3.57. The van der Waals surface area contributed by atoms with Crippen LogP contribution in [0.5, 0.6) is 0 Å². The molecule has 1 saturated carbocycles. The summed E-state index contributed by atoms with van der Waals surface area (Å²) in [6, 6.07) is 0.935. The van der Waals surface area contributed by atoms with Crippen LogP contribution in [0.15, 0.2) is 0 Å². The fourth-order valence-electron chi connectivity index (χ4n) is 2.56. The van der Waals surface area contributed by atoms with Crippen molar-refractivity contribution in [3.8, 4) is 0 Å². The molecule has 0 spiro atoms. The number of nitrogens with one attached hydrogen (secondary N) is 1. The van der Waals surface area contributed by atoms with Gasteiger partial charge >= 0.3 is 0 Å². The van der Waals surface area contributed by atoms with Crippen molar-refractivity contribution in [2.45, 2.75) is 57.5 Å². The minimum absolute atomic E-state index is 0.240. The number of methoxy groups -OCH3 is 1. The number of rotatable bonds is 6. The summed E-state index contributed by atoms with van der Waals surface area (Å²) in [4.78, 5) is 0. The first-order valence-corrected chi connectivity index (χ1v) is 6.62. The molecule has 3 heteroatoms. The van der Waals surface area contributed by atoms with E-state index in [0.29, 0.717) is 18.7 Å². The van der Waals surface area contributed by atoms with Crippen molar-refractivity contribution in [3.05, 3.63) is 0 Å². The molecule has 1 aliphatic rings. The summed E-state index contributed by atoms with van der Waals surface area (Å²) in [6.45, 7) is 3.29. The van der Waals surface area contributed by atoms with Crippen molar-refractivity contribution < 1.29 is 9.84 Å². The molecule has 0 heterocycles. The second-order valence-electron chi connectivity index (χ2n) is 5.14. The highest BCUT2D eigenvalue weighted by Crippen LogP contribution is 2.23. The van der Waals surface area contributed by atoms with E-state index in [1.807, 2.05) is 0 Å². The Morgan fingerprint density at radius 3 is 2.81 bits per heavy atom. The fourth-order valence-corrected chi connectivity index (χ4v) is 2.56. The SMILES string of the molecule is COCC(CCO)NC1CCCC(C)CC1. The molecular weight excluding hydrogens is 202 g/mol. The Morgan fingerprint density at radius 1 is 1.31 bits per heavy atom. The lowest BCUT2D eigenvalue weighted by Crippen LogP contribution is -2.41. The lowest BCUT2D eigenvalue weighted by molar-refractivity contribution is 0.140. The number of aliphatic hydroxyl groups excluding tert-OH is 1. The molecule has 3 unspecified atom stereocenters. The van der Waals surface area contributed by atoms with Crippen molar-refractivity contribution in [2.24, 2.45) is 5.92 Å². The number of hydrogen-bond acceptors (Lipinski definition) is 3. The van der Waals surface area contributed by atoms with E-state index in [0.717, 1.165) is 12.3 Å². The first-order chi connectivity index (χ1) is 7.76. The van der Waals surface area contributed by atoms with Crippen LogP contribution in [0.25, 0.3) is 0 Å². The van der Waals surface area contributed by atoms with Gasteiger partial charge < -0.3 is 15.2 Å². The zero-order valence-electron chi connectivity index (χ0n) is 10.7. The van der Waals surface area contributed by atoms with Gasteiger partial charge in [0.25, 0.3) is 0 Å². The molecule has 1 fully saturated rings. The first kappa shape index (κ1) is 13.9. The summed E-state index contributed by atoms with van der Waals surface area (Å²) in [6.07, 6.45) is 7.37. The molecule has 0 aromatic heterocycles. The molecule has 0 saturated heterocycles. The molecule has 0 aromatic carbocycles. The van der Waals surface area contributed by atoms with Crippen LogP contribution in [0.1, 0.15) is 45.4 Å². The van der Waals surface area contributed by atoms with Crippen molar-refractivity contribution in [3.63, 3.8) is 0 Å². The Bertz CT molecular complexity index is 169. The average Bonchev–Trinajstić information content (AvgIpc) is 2.45. The minimum Gasteiger partial charge on any atom is -0.396 e. The lowest BCUT2D eigenvalue weighted by Gasteiger charge is -2.24. The summed E-state index contributed by atoms with van der Waals surface area (Å²) in [5.41, 5.74) is 0. The zero-order chi connectivity index (χ0) is 11.8. The van der Waals surface area contributed by atoms with Crippen LogP contribution in [-0.2, 0) is 4.74 Å². The van der Waals surface area contributed by atoms with E-state index in [9.17, 15) is 0 Å². The lowest BCUT2D eigenvalue weighted by atomic mass is 10.0. The monoisotopic (exact) mass is 229 g/mol. The molecule has 0 aromatic rings. The normalized spacial score (nSPS) is 28.7. The van der Waals surface area contributed by atoms with Crippen LogP contribution in [0.3, 0.4) is 0 Å². The van der Waals surface area contributed by atoms with Gasteiger partial charge in [-0.05, 0) is 31.6 Å². The molecule has 2 N–H and O–H groups in total. The van der Waals surface area contributed by atoms with Crippen LogP contribution in [0.2, 0.25) is 0 Å². The van der Waals surface area contributed by atoms with Gasteiger partial charge in [-0.15, -0.1) is 0 Å². The summed E-state index contributed by atoms with van der Waals surface area (Å²) < 4.78 is 5.18. The van der Waals surface area contributed by atoms with Gasteiger partial charge in [0.1, 0.15) is 0 Å². The molecule has 3 nitrogen and oxygen atoms in total. The Kier molecular flexibility index (Phi) is 7.01. The van der Waals surface area contributed by atoms with Crippen molar-refractivity contribution in [1.29, 1.82) is 0 Å². The van der Waals surface area contributed by atoms with Crippen LogP contribution in [0.4, 0.5) is 0 Å². The summed E-state index contributed by atoms with van der Waals surface area (Å²) in [5, 5.41) is 12.6. The molecule has 0 bridgehead atoms. The van der Waals surface area contributed by atoms with Gasteiger partial charge in [-0.25, -0.2) is 0 Å². The van der Waals surface area contributed by atoms with Gasteiger partial charge in [0, 0.05) is 25.8 Å². The Hall–Kier alpha value is -0.120. The highest BCUT2D eigenvalue weighted by atomic mass is 16.5. The van der Waals surface area contributed by atoms with E-state index < -0.39 is 0 Å². The van der Waals surface area contributed by atoms with Gasteiger partial charge in [0.05, 0.1) is 6.61 Å². The van der Waals surface area contributed by atoms with E-state index in [-0.39, 0.29) is 6.61 Å². The number of aliphatic hydroxyl groups is 1. The number of ether oxygens (including phenoxy) is 1. The predicted molar refractivity (Wildman–Crippen MR) is 66.5 cm³/mol. The van der Waals surface area contributed by atoms with E-state index in [2.05, 4.69) is 12.2 Å². The van der Waals surface area contributed by atoms with Gasteiger partial charge in [-0.1, -0.05) is 19.8 Å². The molecule has 96 valence electrons. The summed E-state index contributed by atoms with van der Waals surface area (Å²) in [7, 11) is 1.72. The molecule has 16 heavy (non-hydrogen) atoms. The Labute approximate surface area is 99.6 Å². The van der Waals surface area contributed by atoms with Crippen LogP contribution >= 0.6 is 0 Å². The van der Waals surface area contributed by atoms with Crippen molar-refractivity contribution >= 4 is 0 Å². The molecular formula is C13H27NO2. The topological polar surface area (TPSA) is 41.5 Å². The first-order valence-electron chi connectivity index (χ1n) is 6.62.